The summed E-state index contributed by atoms with van der Waals surface area (Å²) < 4.78 is 0. The Bertz CT molecular complexity index is 3220. The van der Waals surface area contributed by atoms with E-state index in [0.29, 0.717) is 17.5 Å². The van der Waals surface area contributed by atoms with Crippen LogP contribution in [-0.4, -0.2) is 15.0 Å². The van der Waals surface area contributed by atoms with Gasteiger partial charge < -0.3 is 0 Å². The zero-order valence-electron chi connectivity index (χ0n) is 32.0. The van der Waals surface area contributed by atoms with Gasteiger partial charge in [-0.1, -0.05) is 206 Å². The highest BCUT2D eigenvalue weighted by Crippen LogP contribution is 2.61. The molecule has 0 amide bonds. The van der Waals surface area contributed by atoms with E-state index in [9.17, 15) is 0 Å². The Morgan fingerprint density at radius 3 is 1.29 bits per heavy atom. The Balaban J connectivity index is 1.10. The Kier molecular flexibility index (Phi) is 7.45. The molecule has 0 atom stereocenters. The molecule has 0 bridgehead atoms. The quantitative estimate of drug-likeness (QED) is 0.180. The number of benzene rings is 9. The molecule has 0 radical (unpaired) electrons. The molecule has 0 saturated heterocycles. The summed E-state index contributed by atoms with van der Waals surface area (Å²) in [7, 11) is 0. The lowest BCUT2D eigenvalue weighted by molar-refractivity contribution is 0.775. The zero-order chi connectivity index (χ0) is 38.9. The molecule has 9 aromatic carbocycles. The van der Waals surface area contributed by atoms with E-state index in [0.717, 1.165) is 22.3 Å². The number of aromatic nitrogens is 3. The van der Waals surface area contributed by atoms with E-state index >= 15 is 0 Å². The van der Waals surface area contributed by atoms with Crippen LogP contribution in [0, 0.1) is 0 Å². The van der Waals surface area contributed by atoms with Gasteiger partial charge in [0, 0.05) is 16.7 Å². The van der Waals surface area contributed by atoms with Crippen LogP contribution in [0.15, 0.2) is 212 Å². The van der Waals surface area contributed by atoms with Crippen molar-refractivity contribution in [2.24, 2.45) is 0 Å². The lowest BCUT2D eigenvalue weighted by atomic mass is 9.65. The zero-order valence-corrected chi connectivity index (χ0v) is 32.0. The van der Waals surface area contributed by atoms with Crippen LogP contribution in [0.2, 0.25) is 0 Å². The van der Waals surface area contributed by atoms with Crippen molar-refractivity contribution in [3.05, 3.63) is 235 Å². The third kappa shape index (κ3) is 5.05. The van der Waals surface area contributed by atoms with E-state index in [4.69, 9.17) is 15.0 Å². The number of hydrogen-bond acceptors (Lipinski definition) is 3. The standard InChI is InChI=1S/C56H35N3/c1-2-16-38(17-3-1)53-57-54(39-31-29-37(30-32-39)42-25-14-18-36-15-4-5-19-41(36)42)59-55(58-53)40-33-34-48-44-21-7-6-20-43(44)45-22-8-11-26-49(45)56(52(48)35-40)50-27-12-9-23-46(50)47-24-10-13-28-51(47)56/h1-35H. The number of hydrogen-bond donors (Lipinski definition) is 0. The topological polar surface area (TPSA) is 38.7 Å². The van der Waals surface area contributed by atoms with Crippen molar-refractivity contribution >= 4 is 10.8 Å². The van der Waals surface area contributed by atoms with Gasteiger partial charge in [-0.25, -0.2) is 15.0 Å². The predicted molar refractivity (Wildman–Crippen MR) is 241 cm³/mol. The molecular weight excluding hydrogens is 715 g/mol. The SMILES string of the molecule is c1ccc(-c2nc(-c3ccc(-c4cccc5ccccc45)cc3)nc(-c3ccc4c(c3)C3(c5ccccc5-c5ccccc5-4)c4ccccc4-c4ccccc43)n2)cc1. The molecule has 3 nitrogen and oxygen atoms in total. The summed E-state index contributed by atoms with van der Waals surface area (Å²) in [5.74, 6) is 1.91. The van der Waals surface area contributed by atoms with Crippen molar-refractivity contribution in [1.82, 2.24) is 15.0 Å². The van der Waals surface area contributed by atoms with E-state index in [-0.39, 0.29) is 0 Å². The largest absolute Gasteiger partial charge is 0.208 e. The average Bonchev–Trinajstić information content (AvgIpc) is 3.56. The van der Waals surface area contributed by atoms with Gasteiger partial charge in [0.15, 0.2) is 17.5 Å². The van der Waals surface area contributed by atoms with Crippen LogP contribution in [0.25, 0.3) is 89.4 Å². The number of rotatable bonds is 4. The first-order chi connectivity index (χ1) is 29.3. The van der Waals surface area contributed by atoms with E-state index in [1.807, 2.05) is 18.2 Å². The van der Waals surface area contributed by atoms with E-state index in [2.05, 4.69) is 194 Å². The summed E-state index contributed by atoms with van der Waals surface area (Å²) in [4.78, 5) is 15.7. The molecule has 1 heterocycles. The molecule has 0 aliphatic heterocycles. The maximum Gasteiger partial charge on any atom is 0.164 e. The molecule has 3 heteroatoms. The fourth-order valence-corrected chi connectivity index (χ4v) is 9.81. The highest BCUT2D eigenvalue weighted by molar-refractivity contribution is 5.99. The van der Waals surface area contributed by atoms with Crippen molar-refractivity contribution in [1.29, 1.82) is 0 Å². The van der Waals surface area contributed by atoms with Crippen LogP contribution in [0.3, 0.4) is 0 Å². The van der Waals surface area contributed by atoms with Crippen molar-refractivity contribution < 1.29 is 0 Å². The summed E-state index contributed by atoms with van der Waals surface area (Å²) in [6.07, 6.45) is 0. The van der Waals surface area contributed by atoms with E-state index in [1.54, 1.807) is 0 Å². The van der Waals surface area contributed by atoms with E-state index in [1.165, 1.54) is 72.0 Å². The summed E-state index contributed by atoms with van der Waals surface area (Å²) in [6.45, 7) is 0. The normalized spacial score (nSPS) is 12.9. The minimum atomic E-state index is -0.594. The second-order valence-electron chi connectivity index (χ2n) is 15.5. The lowest BCUT2D eigenvalue weighted by Gasteiger charge is -2.35. The highest BCUT2D eigenvalue weighted by Gasteiger charge is 2.49. The molecule has 2 aliphatic carbocycles. The molecule has 1 aromatic heterocycles. The van der Waals surface area contributed by atoms with Gasteiger partial charge in [0.05, 0.1) is 5.41 Å². The van der Waals surface area contributed by atoms with Gasteiger partial charge >= 0.3 is 0 Å². The molecule has 59 heavy (non-hydrogen) atoms. The molecule has 0 saturated carbocycles. The van der Waals surface area contributed by atoms with Crippen molar-refractivity contribution in [2.45, 2.75) is 5.41 Å². The molecule has 2 aliphatic rings. The van der Waals surface area contributed by atoms with Crippen LogP contribution >= 0.6 is 0 Å². The molecule has 1 spiro atoms. The molecule has 0 unspecified atom stereocenters. The monoisotopic (exact) mass is 749 g/mol. The van der Waals surface area contributed by atoms with Crippen LogP contribution in [-0.2, 0) is 5.41 Å². The van der Waals surface area contributed by atoms with Crippen LogP contribution in [0.4, 0.5) is 0 Å². The van der Waals surface area contributed by atoms with Gasteiger partial charge in [-0.3, -0.25) is 0 Å². The maximum atomic E-state index is 5.29. The fraction of sp³-hybridized carbons (Fsp3) is 0.0179. The Labute approximate surface area is 343 Å². The molecular formula is C56H35N3. The third-order valence-electron chi connectivity index (χ3n) is 12.4. The average molecular weight is 750 g/mol. The summed E-state index contributed by atoms with van der Waals surface area (Å²) >= 11 is 0. The fourth-order valence-electron chi connectivity index (χ4n) is 9.81. The lowest BCUT2D eigenvalue weighted by Crippen LogP contribution is -2.29. The maximum absolute atomic E-state index is 5.29. The second kappa shape index (κ2) is 13.2. The molecule has 274 valence electrons. The molecule has 12 rings (SSSR count). The Morgan fingerprint density at radius 1 is 0.254 bits per heavy atom. The van der Waals surface area contributed by atoms with Gasteiger partial charge in [-0.2, -0.15) is 0 Å². The molecule has 0 fully saturated rings. The smallest absolute Gasteiger partial charge is 0.164 e. The van der Waals surface area contributed by atoms with Crippen LogP contribution in [0.5, 0.6) is 0 Å². The number of nitrogens with zero attached hydrogens (tertiary/aromatic N) is 3. The van der Waals surface area contributed by atoms with Gasteiger partial charge in [-0.05, 0) is 83.6 Å². The summed E-state index contributed by atoms with van der Waals surface area (Å²) in [6, 6.07) is 76.5. The van der Waals surface area contributed by atoms with Gasteiger partial charge in [0.1, 0.15) is 0 Å². The van der Waals surface area contributed by atoms with Crippen molar-refractivity contribution in [3.8, 4) is 78.7 Å². The number of fused-ring (bicyclic) bond motifs is 13. The third-order valence-corrected chi connectivity index (χ3v) is 12.4. The van der Waals surface area contributed by atoms with E-state index < -0.39 is 5.41 Å². The first-order valence-electron chi connectivity index (χ1n) is 20.2. The Hall–Kier alpha value is -7.75. The Morgan fingerprint density at radius 2 is 0.661 bits per heavy atom. The molecule has 0 N–H and O–H groups in total. The van der Waals surface area contributed by atoms with Crippen molar-refractivity contribution in [3.63, 3.8) is 0 Å². The second-order valence-corrected chi connectivity index (χ2v) is 15.5. The van der Waals surface area contributed by atoms with Gasteiger partial charge in [0.25, 0.3) is 0 Å². The minimum absolute atomic E-state index is 0.594. The predicted octanol–water partition coefficient (Wildman–Crippen LogP) is 13.7. The first kappa shape index (κ1) is 33.4. The van der Waals surface area contributed by atoms with Crippen LogP contribution < -0.4 is 0 Å². The molecule has 10 aromatic rings. The van der Waals surface area contributed by atoms with Gasteiger partial charge in [0.2, 0.25) is 0 Å². The minimum Gasteiger partial charge on any atom is -0.208 e. The van der Waals surface area contributed by atoms with Gasteiger partial charge in [-0.15, -0.1) is 0 Å². The summed E-state index contributed by atoms with van der Waals surface area (Å²) in [5.41, 5.74) is 17.1. The first-order valence-corrected chi connectivity index (χ1v) is 20.2. The van der Waals surface area contributed by atoms with Crippen LogP contribution in [0.1, 0.15) is 22.3 Å². The van der Waals surface area contributed by atoms with Crippen molar-refractivity contribution in [2.75, 3.05) is 0 Å². The highest BCUT2D eigenvalue weighted by atomic mass is 15.0. The summed E-state index contributed by atoms with van der Waals surface area (Å²) in [5, 5.41) is 2.46.